The summed E-state index contributed by atoms with van der Waals surface area (Å²) in [7, 11) is 1.59. The van der Waals surface area contributed by atoms with Crippen molar-refractivity contribution >= 4 is 17.3 Å². The predicted octanol–water partition coefficient (Wildman–Crippen LogP) is 3.95. The molecule has 0 aliphatic carbocycles. The maximum atomic E-state index is 12.4. The van der Waals surface area contributed by atoms with Crippen molar-refractivity contribution in [3.63, 3.8) is 0 Å². The Kier molecular flexibility index (Phi) is 4.71. The number of nitrogens with zero attached hydrogens (tertiary/aromatic N) is 3. The molecule has 0 aliphatic heterocycles. The number of methoxy groups -OCH3 is 1. The molecule has 0 saturated heterocycles. The van der Waals surface area contributed by atoms with Gasteiger partial charge in [-0.05, 0) is 35.7 Å². The highest BCUT2D eigenvalue weighted by atomic mass is 32.1. The molecule has 0 radical (unpaired) electrons. The molecule has 0 N–H and O–H groups in total. The summed E-state index contributed by atoms with van der Waals surface area (Å²) in [5.74, 6) is 0.889. The lowest BCUT2D eigenvalue weighted by Gasteiger charge is -2.04. The first kappa shape index (κ1) is 17.0. The normalized spacial score (nSPS) is 10.7. The molecule has 0 atom stereocenters. The number of carbonyl (C=O) groups is 1. The summed E-state index contributed by atoms with van der Waals surface area (Å²) in [6.45, 7) is -0.0984. The average molecular weight is 381 g/mol. The summed E-state index contributed by atoms with van der Waals surface area (Å²) in [5.41, 5.74) is 1.53. The molecule has 0 amide bonds. The molecule has 3 aromatic heterocycles. The van der Waals surface area contributed by atoms with Crippen molar-refractivity contribution in [3.05, 3.63) is 71.0 Å². The van der Waals surface area contributed by atoms with Crippen molar-refractivity contribution in [2.24, 2.45) is 0 Å². The van der Waals surface area contributed by atoms with Crippen molar-refractivity contribution in [2.75, 3.05) is 7.11 Å². The fourth-order valence-corrected chi connectivity index (χ4v) is 3.32. The van der Waals surface area contributed by atoms with Crippen molar-refractivity contribution in [3.8, 4) is 22.8 Å². The first-order valence-electron chi connectivity index (χ1n) is 8.09. The fourth-order valence-electron chi connectivity index (χ4n) is 2.54. The van der Waals surface area contributed by atoms with Crippen LogP contribution in [0.25, 0.3) is 17.1 Å². The first-order valence-corrected chi connectivity index (χ1v) is 8.97. The second-order valence-electron chi connectivity index (χ2n) is 5.55. The van der Waals surface area contributed by atoms with Crippen LogP contribution in [-0.4, -0.2) is 27.8 Å². The minimum Gasteiger partial charge on any atom is -0.497 e. The molecule has 1 aromatic carbocycles. The van der Waals surface area contributed by atoms with Crippen LogP contribution in [-0.2, 0) is 11.3 Å². The topological polar surface area (TPSA) is 79.4 Å². The molecular weight excluding hydrogens is 366 g/mol. The van der Waals surface area contributed by atoms with Gasteiger partial charge in [-0.15, -0.1) is 11.3 Å². The Hall–Kier alpha value is -3.39. The Morgan fingerprint density at radius 2 is 2.07 bits per heavy atom. The average Bonchev–Trinajstić information content (AvgIpc) is 3.47. The van der Waals surface area contributed by atoms with Gasteiger partial charge in [0.1, 0.15) is 10.6 Å². The zero-order chi connectivity index (χ0) is 18.6. The van der Waals surface area contributed by atoms with Gasteiger partial charge in [-0.2, -0.15) is 4.98 Å². The van der Waals surface area contributed by atoms with Crippen LogP contribution in [0.4, 0.5) is 0 Å². The molecular formula is C19H15N3O4S. The summed E-state index contributed by atoms with van der Waals surface area (Å²) in [6, 6.07) is 13.0. The number of rotatable bonds is 6. The van der Waals surface area contributed by atoms with Gasteiger partial charge in [0.25, 0.3) is 5.89 Å². The largest absolute Gasteiger partial charge is 0.497 e. The minimum absolute atomic E-state index is 0.0984. The van der Waals surface area contributed by atoms with Gasteiger partial charge >= 0.3 is 5.97 Å². The number of aromatic nitrogens is 3. The third-order valence-corrected chi connectivity index (χ3v) is 4.72. The molecule has 0 fully saturated rings. The molecule has 3 heterocycles. The predicted molar refractivity (Wildman–Crippen MR) is 99.1 cm³/mol. The molecule has 0 saturated carbocycles. The summed E-state index contributed by atoms with van der Waals surface area (Å²) in [5, 5.41) is 5.77. The van der Waals surface area contributed by atoms with Gasteiger partial charge in [0, 0.05) is 18.0 Å². The van der Waals surface area contributed by atoms with E-state index in [0.29, 0.717) is 16.5 Å². The van der Waals surface area contributed by atoms with Crippen LogP contribution in [0.2, 0.25) is 0 Å². The Morgan fingerprint density at radius 1 is 1.22 bits per heavy atom. The second-order valence-corrected chi connectivity index (χ2v) is 6.46. The van der Waals surface area contributed by atoms with Crippen molar-refractivity contribution in [1.29, 1.82) is 0 Å². The quantitative estimate of drug-likeness (QED) is 0.471. The lowest BCUT2D eigenvalue weighted by molar-refractivity contribution is 0.0435. The van der Waals surface area contributed by atoms with E-state index in [-0.39, 0.29) is 12.5 Å². The molecule has 27 heavy (non-hydrogen) atoms. The maximum Gasteiger partial charge on any atom is 0.350 e. The Bertz CT molecular complexity index is 1050. The zero-order valence-electron chi connectivity index (χ0n) is 14.4. The fraction of sp³-hybridized carbons (Fsp3) is 0.105. The van der Waals surface area contributed by atoms with Gasteiger partial charge < -0.3 is 18.6 Å². The van der Waals surface area contributed by atoms with Crippen LogP contribution in [0, 0.1) is 0 Å². The Labute approximate surface area is 158 Å². The standard InChI is InChI=1S/C19H15N3O4S/c1-24-14-6-4-5-13(11-14)18-20-16(26-21-18)12-25-19(23)17-15(7-10-27-17)22-8-2-3-9-22/h2-11H,12H2,1H3. The molecule has 4 rings (SSSR count). The molecule has 0 bridgehead atoms. The lowest BCUT2D eigenvalue weighted by atomic mass is 10.2. The number of ether oxygens (including phenoxy) is 2. The second kappa shape index (κ2) is 7.46. The highest BCUT2D eigenvalue weighted by Gasteiger charge is 2.18. The number of esters is 1. The molecule has 0 unspecified atom stereocenters. The van der Waals surface area contributed by atoms with E-state index in [1.165, 1.54) is 11.3 Å². The van der Waals surface area contributed by atoms with E-state index in [0.717, 1.165) is 11.3 Å². The van der Waals surface area contributed by atoms with Crippen LogP contribution in [0.5, 0.6) is 5.75 Å². The first-order chi connectivity index (χ1) is 13.2. The minimum atomic E-state index is -0.435. The molecule has 4 aromatic rings. The van der Waals surface area contributed by atoms with Crippen LogP contribution < -0.4 is 4.74 Å². The number of carbonyl (C=O) groups excluding carboxylic acids is 1. The third-order valence-electron chi connectivity index (χ3n) is 3.84. The number of thiophene rings is 1. The van der Waals surface area contributed by atoms with E-state index in [1.54, 1.807) is 13.2 Å². The Morgan fingerprint density at radius 3 is 2.89 bits per heavy atom. The van der Waals surface area contributed by atoms with Crippen molar-refractivity contribution in [2.45, 2.75) is 6.61 Å². The van der Waals surface area contributed by atoms with Crippen LogP contribution in [0.1, 0.15) is 15.6 Å². The van der Waals surface area contributed by atoms with E-state index >= 15 is 0 Å². The summed E-state index contributed by atoms with van der Waals surface area (Å²) in [4.78, 5) is 17.2. The van der Waals surface area contributed by atoms with Crippen molar-refractivity contribution < 1.29 is 18.8 Å². The van der Waals surface area contributed by atoms with E-state index in [1.807, 2.05) is 58.7 Å². The van der Waals surface area contributed by atoms with Gasteiger partial charge in [-0.25, -0.2) is 4.79 Å². The molecule has 0 spiro atoms. The summed E-state index contributed by atoms with van der Waals surface area (Å²) >= 11 is 1.32. The van der Waals surface area contributed by atoms with Gasteiger partial charge in [-0.1, -0.05) is 17.3 Å². The van der Waals surface area contributed by atoms with Gasteiger partial charge in [0.15, 0.2) is 6.61 Å². The third kappa shape index (κ3) is 3.61. The van der Waals surface area contributed by atoms with E-state index in [9.17, 15) is 4.79 Å². The summed E-state index contributed by atoms with van der Waals surface area (Å²) in [6.07, 6.45) is 3.74. The molecule has 8 heteroatoms. The molecule has 136 valence electrons. The Balaban J connectivity index is 1.45. The van der Waals surface area contributed by atoms with E-state index in [4.69, 9.17) is 14.0 Å². The number of benzene rings is 1. The number of hydrogen-bond donors (Lipinski definition) is 0. The smallest absolute Gasteiger partial charge is 0.350 e. The SMILES string of the molecule is COc1cccc(-c2noc(COC(=O)c3sccc3-n3cccc3)n2)c1. The molecule has 7 nitrogen and oxygen atoms in total. The van der Waals surface area contributed by atoms with Crippen LogP contribution >= 0.6 is 11.3 Å². The van der Waals surface area contributed by atoms with Gasteiger partial charge in [0.05, 0.1) is 12.8 Å². The summed E-state index contributed by atoms with van der Waals surface area (Å²) < 4.78 is 17.6. The monoisotopic (exact) mass is 381 g/mol. The van der Waals surface area contributed by atoms with Gasteiger partial charge in [0.2, 0.25) is 5.82 Å². The van der Waals surface area contributed by atoms with Crippen LogP contribution in [0.15, 0.2) is 64.8 Å². The van der Waals surface area contributed by atoms with Crippen LogP contribution in [0.3, 0.4) is 0 Å². The number of hydrogen-bond acceptors (Lipinski definition) is 7. The van der Waals surface area contributed by atoms with E-state index in [2.05, 4.69) is 10.1 Å². The lowest BCUT2D eigenvalue weighted by Crippen LogP contribution is -2.06. The van der Waals surface area contributed by atoms with E-state index < -0.39 is 5.97 Å². The maximum absolute atomic E-state index is 12.4. The van der Waals surface area contributed by atoms with Crippen molar-refractivity contribution in [1.82, 2.24) is 14.7 Å². The highest BCUT2D eigenvalue weighted by Crippen LogP contribution is 2.24. The van der Waals surface area contributed by atoms with Gasteiger partial charge in [-0.3, -0.25) is 0 Å². The zero-order valence-corrected chi connectivity index (χ0v) is 15.2. The highest BCUT2D eigenvalue weighted by molar-refractivity contribution is 7.12. The molecule has 0 aliphatic rings.